The molecule has 2 atom stereocenters. The van der Waals surface area contributed by atoms with Gasteiger partial charge in [-0.3, -0.25) is 19.3 Å². The molecule has 8 heteroatoms. The summed E-state index contributed by atoms with van der Waals surface area (Å²) in [5, 5.41) is 12.8. The Bertz CT molecular complexity index is 1400. The number of carbonyl (C=O) groups is 1. The van der Waals surface area contributed by atoms with Crippen LogP contribution in [-0.4, -0.2) is 33.8 Å². The number of nitrogens with zero attached hydrogens (tertiary/aromatic N) is 3. The van der Waals surface area contributed by atoms with Crippen molar-refractivity contribution >= 4 is 17.5 Å². The molecule has 33 heavy (non-hydrogen) atoms. The van der Waals surface area contributed by atoms with Crippen molar-refractivity contribution in [1.29, 1.82) is 0 Å². The van der Waals surface area contributed by atoms with E-state index in [9.17, 15) is 19.1 Å². The van der Waals surface area contributed by atoms with Crippen LogP contribution in [0.5, 0.6) is 5.75 Å². The predicted octanol–water partition coefficient (Wildman–Crippen LogP) is 3.39. The number of aromatic nitrogens is 1. The zero-order valence-corrected chi connectivity index (χ0v) is 18.6. The summed E-state index contributed by atoms with van der Waals surface area (Å²) < 4.78 is 16.0. The van der Waals surface area contributed by atoms with Crippen LogP contribution < -0.4 is 10.4 Å². The third-order valence-corrected chi connectivity index (χ3v) is 7.85. The van der Waals surface area contributed by atoms with Crippen LogP contribution in [0.4, 0.5) is 4.39 Å². The molecule has 2 unspecified atom stereocenters. The Morgan fingerprint density at radius 3 is 2.70 bits per heavy atom. The lowest BCUT2D eigenvalue weighted by Gasteiger charge is -2.50. The van der Waals surface area contributed by atoms with Crippen molar-refractivity contribution in [3.05, 3.63) is 97.7 Å². The van der Waals surface area contributed by atoms with E-state index < -0.39 is 28.4 Å². The number of pyridine rings is 1. The first-order valence-corrected chi connectivity index (χ1v) is 11.3. The van der Waals surface area contributed by atoms with Gasteiger partial charge in [0.05, 0.1) is 5.02 Å². The number of aromatic hydroxyl groups is 1. The second-order valence-electron chi connectivity index (χ2n) is 8.84. The summed E-state index contributed by atoms with van der Waals surface area (Å²) >= 11 is 6.46. The quantitative estimate of drug-likeness (QED) is 0.630. The lowest BCUT2D eigenvalue weighted by molar-refractivity contribution is 0.0658. The van der Waals surface area contributed by atoms with E-state index in [1.54, 1.807) is 15.6 Å². The Labute approximate surface area is 194 Å². The fourth-order valence-corrected chi connectivity index (χ4v) is 6.30. The summed E-state index contributed by atoms with van der Waals surface area (Å²) in [4.78, 5) is 27.0. The van der Waals surface area contributed by atoms with E-state index in [0.29, 0.717) is 13.0 Å². The Kier molecular flexibility index (Phi) is 4.21. The minimum absolute atomic E-state index is 0.0329. The molecular weight excluding hydrogens is 445 g/mol. The Balaban J connectivity index is 1.71. The molecule has 1 amide bonds. The lowest BCUT2D eigenvalue weighted by atomic mass is 9.81. The average Bonchev–Trinajstić information content (AvgIpc) is 3.31. The van der Waals surface area contributed by atoms with Gasteiger partial charge in [-0.25, -0.2) is 4.39 Å². The zero-order chi connectivity index (χ0) is 23.1. The molecule has 2 heterocycles. The molecule has 1 N–H and O–H groups in total. The summed E-state index contributed by atoms with van der Waals surface area (Å²) in [5.74, 6) is -1.39. The van der Waals surface area contributed by atoms with Crippen LogP contribution in [0.25, 0.3) is 0 Å². The number of benzene rings is 2. The van der Waals surface area contributed by atoms with Crippen LogP contribution in [0.15, 0.2) is 53.5 Å². The van der Waals surface area contributed by atoms with Crippen molar-refractivity contribution in [2.24, 2.45) is 5.92 Å². The van der Waals surface area contributed by atoms with E-state index in [2.05, 4.69) is 12.1 Å². The van der Waals surface area contributed by atoms with E-state index in [1.807, 2.05) is 24.1 Å². The minimum Gasteiger partial charge on any atom is -0.502 e. The second kappa shape index (κ2) is 6.84. The van der Waals surface area contributed by atoms with Crippen molar-refractivity contribution in [2.45, 2.75) is 25.3 Å². The molecule has 0 radical (unpaired) electrons. The predicted molar refractivity (Wildman–Crippen MR) is 122 cm³/mol. The second-order valence-corrected chi connectivity index (χ2v) is 9.22. The lowest BCUT2D eigenvalue weighted by Crippen LogP contribution is -2.63. The number of hydrogen-bond acceptors (Lipinski definition) is 4. The number of halogens is 2. The maximum absolute atomic E-state index is 14.4. The molecule has 168 valence electrons. The van der Waals surface area contributed by atoms with Crippen LogP contribution in [-0.2, 0) is 18.4 Å². The van der Waals surface area contributed by atoms with Crippen molar-refractivity contribution in [1.82, 2.24) is 9.58 Å². The number of fused-ring (bicyclic) bond motifs is 6. The summed E-state index contributed by atoms with van der Waals surface area (Å²) in [6.07, 6.45) is 2.89. The van der Waals surface area contributed by atoms with Gasteiger partial charge in [-0.05, 0) is 48.1 Å². The van der Waals surface area contributed by atoms with Crippen molar-refractivity contribution < 1.29 is 14.3 Å². The topological polar surface area (TPSA) is 65.8 Å². The van der Waals surface area contributed by atoms with Gasteiger partial charge in [-0.2, -0.15) is 0 Å². The smallest absolute Gasteiger partial charge is 0.277 e. The fourth-order valence-electron chi connectivity index (χ4n) is 6.06. The zero-order valence-electron chi connectivity index (χ0n) is 17.9. The van der Waals surface area contributed by atoms with E-state index in [0.717, 1.165) is 23.1 Å². The molecular formula is C25H21ClFN3O3. The van der Waals surface area contributed by atoms with Crippen molar-refractivity contribution in [3.8, 4) is 5.75 Å². The molecule has 2 aromatic carbocycles. The Hall–Kier alpha value is -3.32. The molecule has 3 aliphatic rings. The summed E-state index contributed by atoms with van der Waals surface area (Å²) in [5.41, 5.74) is 2.49. The number of rotatable bonds is 2. The maximum Gasteiger partial charge on any atom is 0.277 e. The van der Waals surface area contributed by atoms with Crippen LogP contribution in [0.1, 0.15) is 39.7 Å². The van der Waals surface area contributed by atoms with Crippen LogP contribution in [0.3, 0.4) is 0 Å². The summed E-state index contributed by atoms with van der Waals surface area (Å²) in [6.45, 7) is 2.50. The van der Waals surface area contributed by atoms with Gasteiger partial charge < -0.3 is 10.0 Å². The molecule has 1 aromatic heterocycles. The average molecular weight is 466 g/mol. The minimum atomic E-state index is -0.742. The SMILES string of the molecule is CCN1CN(C23c4ccccc4CC2Cc2c3ccc(F)c2Cl)n2ccc(=O)c(O)c2C1=O. The summed E-state index contributed by atoms with van der Waals surface area (Å²) in [6, 6.07) is 12.6. The number of hydrogen-bond donors (Lipinski definition) is 1. The molecule has 3 aromatic rings. The fraction of sp³-hybridized carbons (Fsp3) is 0.280. The Morgan fingerprint density at radius 1 is 1.12 bits per heavy atom. The van der Waals surface area contributed by atoms with Gasteiger partial charge in [-0.1, -0.05) is 41.9 Å². The summed E-state index contributed by atoms with van der Waals surface area (Å²) in [7, 11) is 0. The maximum atomic E-state index is 14.4. The van der Waals surface area contributed by atoms with Crippen LogP contribution in [0, 0.1) is 11.7 Å². The van der Waals surface area contributed by atoms with Gasteiger partial charge >= 0.3 is 0 Å². The monoisotopic (exact) mass is 465 g/mol. The van der Waals surface area contributed by atoms with E-state index in [-0.39, 0.29) is 23.3 Å². The highest BCUT2D eigenvalue weighted by molar-refractivity contribution is 6.31. The van der Waals surface area contributed by atoms with Crippen molar-refractivity contribution in [2.75, 3.05) is 18.2 Å². The van der Waals surface area contributed by atoms with Gasteiger partial charge in [0.2, 0.25) is 5.43 Å². The van der Waals surface area contributed by atoms with Crippen molar-refractivity contribution in [3.63, 3.8) is 0 Å². The number of amides is 1. The molecule has 0 saturated heterocycles. The van der Waals surface area contributed by atoms with E-state index >= 15 is 0 Å². The standard InChI is InChI=1S/C25H21ClFN3O3/c1-2-28-13-30(29-10-9-20(31)23(32)22(29)24(28)33)25-15(11-14-5-3-4-6-17(14)25)12-16-18(25)7-8-19(27)21(16)26/h3-10,15,32H,2,11-13H2,1H3. The Morgan fingerprint density at radius 2 is 1.91 bits per heavy atom. The highest BCUT2D eigenvalue weighted by Gasteiger charge is 2.59. The molecule has 0 bridgehead atoms. The third kappa shape index (κ3) is 2.43. The van der Waals surface area contributed by atoms with Gasteiger partial charge in [0.25, 0.3) is 5.91 Å². The normalized spacial score (nSPS) is 22.8. The first-order chi connectivity index (χ1) is 15.9. The van der Waals surface area contributed by atoms with Crippen LogP contribution in [0.2, 0.25) is 5.02 Å². The van der Waals surface area contributed by atoms with Crippen LogP contribution >= 0.6 is 11.6 Å². The molecule has 0 spiro atoms. The van der Waals surface area contributed by atoms with E-state index in [4.69, 9.17) is 11.6 Å². The van der Waals surface area contributed by atoms with E-state index in [1.165, 1.54) is 23.9 Å². The molecule has 6 nitrogen and oxygen atoms in total. The van der Waals surface area contributed by atoms with Gasteiger partial charge in [0.15, 0.2) is 11.4 Å². The first-order valence-electron chi connectivity index (χ1n) is 11.0. The molecule has 6 rings (SSSR count). The highest BCUT2D eigenvalue weighted by Crippen LogP contribution is 2.57. The molecule has 0 fully saturated rings. The molecule has 0 saturated carbocycles. The third-order valence-electron chi connectivity index (χ3n) is 7.44. The molecule has 2 aliphatic carbocycles. The largest absolute Gasteiger partial charge is 0.502 e. The van der Waals surface area contributed by atoms with Gasteiger partial charge in [-0.15, -0.1) is 0 Å². The van der Waals surface area contributed by atoms with Gasteiger partial charge in [0, 0.05) is 24.7 Å². The van der Waals surface area contributed by atoms with Gasteiger partial charge in [0.1, 0.15) is 18.0 Å². The first kappa shape index (κ1) is 20.3. The highest BCUT2D eigenvalue weighted by atomic mass is 35.5. The molecule has 1 aliphatic heterocycles. The number of carbonyl (C=O) groups excluding carboxylic acids is 1.